The Morgan fingerprint density at radius 3 is 2.30 bits per heavy atom. The molecule has 0 heterocycles. The van der Waals surface area contributed by atoms with Crippen molar-refractivity contribution in [3.8, 4) is 0 Å². The van der Waals surface area contributed by atoms with Crippen LogP contribution in [0.3, 0.4) is 0 Å². The van der Waals surface area contributed by atoms with Gasteiger partial charge in [0.05, 0.1) is 13.1 Å². The van der Waals surface area contributed by atoms with Crippen LogP contribution in [-0.4, -0.2) is 24.9 Å². The van der Waals surface area contributed by atoms with E-state index in [0.717, 1.165) is 5.56 Å². The Bertz CT molecular complexity index is 424. The molecule has 3 nitrogen and oxygen atoms in total. The van der Waals surface area contributed by atoms with Gasteiger partial charge in [-0.2, -0.15) is 0 Å². The summed E-state index contributed by atoms with van der Waals surface area (Å²) in [6, 6.07) is 9.50. The molecule has 1 amide bonds. The van der Waals surface area contributed by atoms with Crippen LogP contribution in [0.2, 0.25) is 0 Å². The molecule has 6 heteroatoms. The number of benzene rings is 1. The molecule has 0 bridgehead atoms. The molecule has 1 rings (SSSR count). The Morgan fingerprint density at radius 1 is 1.25 bits per heavy atom. The van der Waals surface area contributed by atoms with Crippen LogP contribution in [0.15, 0.2) is 30.3 Å². The van der Waals surface area contributed by atoms with Crippen molar-refractivity contribution in [2.75, 3.05) is 13.1 Å². The summed E-state index contributed by atoms with van der Waals surface area (Å²) in [4.78, 5) is 11.7. The van der Waals surface area contributed by atoms with Gasteiger partial charge in [-0.25, -0.2) is 8.78 Å². The third-order valence-corrected chi connectivity index (χ3v) is 3.00. The summed E-state index contributed by atoms with van der Waals surface area (Å²) >= 11 is 0. The third-order valence-electron chi connectivity index (χ3n) is 3.00. The molecule has 0 aliphatic heterocycles. The first kappa shape index (κ1) is 18.8. The van der Waals surface area contributed by atoms with Crippen molar-refractivity contribution in [1.82, 2.24) is 5.32 Å². The van der Waals surface area contributed by atoms with Gasteiger partial charge in [-0.1, -0.05) is 44.2 Å². The van der Waals surface area contributed by atoms with E-state index in [9.17, 15) is 13.6 Å². The van der Waals surface area contributed by atoms with Gasteiger partial charge < -0.3 is 11.1 Å². The molecule has 0 aliphatic carbocycles. The Morgan fingerprint density at radius 2 is 1.80 bits per heavy atom. The van der Waals surface area contributed by atoms with Crippen molar-refractivity contribution in [1.29, 1.82) is 0 Å². The zero-order chi connectivity index (χ0) is 14.5. The van der Waals surface area contributed by atoms with Gasteiger partial charge in [0.15, 0.2) is 0 Å². The van der Waals surface area contributed by atoms with E-state index in [1.54, 1.807) is 0 Å². The molecule has 0 aliphatic rings. The average Bonchev–Trinajstić information content (AvgIpc) is 2.37. The molecule has 0 aromatic heterocycles. The normalized spacial score (nSPS) is 11.7. The van der Waals surface area contributed by atoms with Crippen LogP contribution in [0.4, 0.5) is 8.78 Å². The van der Waals surface area contributed by atoms with E-state index in [1.165, 1.54) is 0 Å². The SMILES string of the molecule is CC(C)(CC(=O)NCC(F)(F)CN)c1ccccc1.Cl. The van der Waals surface area contributed by atoms with Crippen LogP contribution in [0, 0.1) is 0 Å². The standard InChI is InChI=1S/C14H20F2N2O.ClH/c1-13(2,11-6-4-3-5-7-11)8-12(19)18-10-14(15,16)9-17;/h3-7H,8-10,17H2,1-2H3,(H,18,19);1H. The highest BCUT2D eigenvalue weighted by molar-refractivity contribution is 5.85. The smallest absolute Gasteiger partial charge is 0.277 e. The minimum absolute atomic E-state index is 0. The summed E-state index contributed by atoms with van der Waals surface area (Å²) in [6.07, 6.45) is 0.150. The summed E-state index contributed by atoms with van der Waals surface area (Å²) in [5.74, 6) is -3.45. The monoisotopic (exact) mass is 306 g/mol. The van der Waals surface area contributed by atoms with E-state index in [0.29, 0.717) is 0 Å². The average molecular weight is 307 g/mol. The lowest BCUT2D eigenvalue weighted by molar-refractivity contribution is -0.123. The van der Waals surface area contributed by atoms with Crippen LogP contribution in [0.5, 0.6) is 0 Å². The van der Waals surface area contributed by atoms with Gasteiger partial charge in [-0.3, -0.25) is 4.79 Å². The van der Waals surface area contributed by atoms with Crippen molar-refractivity contribution in [2.24, 2.45) is 5.73 Å². The highest BCUT2D eigenvalue weighted by atomic mass is 35.5. The molecule has 3 N–H and O–H groups in total. The van der Waals surface area contributed by atoms with Gasteiger partial charge in [0.1, 0.15) is 0 Å². The van der Waals surface area contributed by atoms with Gasteiger partial charge in [0, 0.05) is 6.42 Å². The van der Waals surface area contributed by atoms with Crippen LogP contribution in [0.25, 0.3) is 0 Å². The van der Waals surface area contributed by atoms with Gasteiger partial charge in [-0.15, -0.1) is 12.4 Å². The molecule has 1 aromatic rings. The highest BCUT2D eigenvalue weighted by Crippen LogP contribution is 2.26. The number of rotatable bonds is 6. The quantitative estimate of drug-likeness (QED) is 0.848. The largest absolute Gasteiger partial charge is 0.350 e. The molecular weight excluding hydrogens is 286 g/mol. The lowest BCUT2D eigenvalue weighted by Crippen LogP contribution is -2.42. The molecule has 20 heavy (non-hydrogen) atoms. The number of amides is 1. The van der Waals surface area contributed by atoms with Crippen LogP contribution in [-0.2, 0) is 10.2 Å². The summed E-state index contributed by atoms with van der Waals surface area (Å²) in [6.45, 7) is 2.33. The molecule has 0 saturated carbocycles. The second-order valence-electron chi connectivity index (χ2n) is 5.26. The lowest BCUT2D eigenvalue weighted by Gasteiger charge is -2.25. The third kappa shape index (κ3) is 5.84. The first-order valence-electron chi connectivity index (χ1n) is 6.17. The number of alkyl halides is 2. The van der Waals surface area contributed by atoms with E-state index < -0.39 is 30.3 Å². The molecule has 0 radical (unpaired) electrons. The molecule has 0 fully saturated rings. The first-order valence-corrected chi connectivity index (χ1v) is 6.17. The summed E-state index contributed by atoms with van der Waals surface area (Å²) in [5.41, 5.74) is 5.51. The molecule has 114 valence electrons. The van der Waals surface area contributed by atoms with Crippen molar-refractivity contribution >= 4 is 18.3 Å². The maximum Gasteiger partial charge on any atom is 0.277 e. The van der Waals surface area contributed by atoms with Gasteiger partial charge in [-0.05, 0) is 11.0 Å². The fourth-order valence-corrected chi connectivity index (χ4v) is 1.76. The topological polar surface area (TPSA) is 55.1 Å². The number of nitrogens with two attached hydrogens (primary N) is 1. The van der Waals surface area contributed by atoms with E-state index in [1.807, 2.05) is 44.2 Å². The van der Waals surface area contributed by atoms with E-state index in [2.05, 4.69) is 5.32 Å². The minimum Gasteiger partial charge on any atom is -0.350 e. The molecule has 0 unspecified atom stereocenters. The van der Waals surface area contributed by atoms with Crippen LogP contribution in [0.1, 0.15) is 25.8 Å². The number of nitrogens with one attached hydrogen (secondary N) is 1. The number of halogens is 3. The second kappa shape index (κ2) is 7.55. The highest BCUT2D eigenvalue weighted by Gasteiger charge is 2.29. The molecule has 0 atom stereocenters. The van der Waals surface area contributed by atoms with E-state index in [4.69, 9.17) is 5.73 Å². The molecule has 1 aromatic carbocycles. The maximum atomic E-state index is 12.9. The fourth-order valence-electron chi connectivity index (χ4n) is 1.76. The minimum atomic E-state index is -3.05. The van der Waals surface area contributed by atoms with Crippen molar-refractivity contribution in [2.45, 2.75) is 31.6 Å². The second-order valence-corrected chi connectivity index (χ2v) is 5.26. The van der Waals surface area contributed by atoms with Crippen molar-refractivity contribution in [3.63, 3.8) is 0 Å². The Hall–Kier alpha value is -1.20. The van der Waals surface area contributed by atoms with E-state index >= 15 is 0 Å². The van der Waals surface area contributed by atoms with Crippen LogP contribution < -0.4 is 11.1 Å². The van der Waals surface area contributed by atoms with Crippen molar-refractivity contribution in [3.05, 3.63) is 35.9 Å². The zero-order valence-corrected chi connectivity index (χ0v) is 12.5. The summed E-state index contributed by atoms with van der Waals surface area (Å²) < 4.78 is 25.9. The number of hydrogen-bond acceptors (Lipinski definition) is 2. The lowest BCUT2D eigenvalue weighted by atomic mass is 9.81. The zero-order valence-electron chi connectivity index (χ0n) is 11.7. The number of carbonyl (C=O) groups is 1. The molecule has 0 saturated heterocycles. The summed E-state index contributed by atoms with van der Waals surface area (Å²) in [7, 11) is 0. The summed E-state index contributed by atoms with van der Waals surface area (Å²) in [5, 5.41) is 2.23. The Kier molecular flexibility index (Phi) is 7.09. The Balaban J connectivity index is 0.00000361. The molecular formula is C14H21ClF2N2O. The molecule has 0 spiro atoms. The van der Waals surface area contributed by atoms with Gasteiger partial charge in [0.2, 0.25) is 5.91 Å². The maximum absolute atomic E-state index is 12.9. The van der Waals surface area contributed by atoms with E-state index in [-0.39, 0.29) is 18.8 Å². The fraction of sp³-hybridized carbons (Fsp3) is 0.500. The van der Waals surface area contributed by atoms with Gasteiger partial charge >= 0.3 is 0 Å². The predicted octanol–water partition coefficient (Wildman–Crippen LogP) is 2.49. The van der Waals surface area contributed by atoms with Gasteiger partial charge in [0.25, 0.3) is 5.92 Å². The van der Waals surface area contributed by atoms with Crippen molar-refractivity contribution < 1.29 is 13.6 Å². The first-order chi connectivity index (χ1) is 8.77. The Labute approximate surface area is 124 Å². The predicted molar refractivity (Wildman–Crippen MR) is 78.3 cm³/mol. The number of carbonyl (C=O) groups excluding carboxylic acids is 1. The van der Waals surface area contributed by atoms with Crippen LogP contribution >= 0.6 is 12.4 Å². The number of hydrogen-bond donors (Lipinski definition) is 2.